The van der Waals surface area contributed by atoms with E-state index in [1.165, 1.54) is 21.0 Å². The summed E-state index contributed by atoms with van der Waals surface area (Å²) >= 11 is 0. The van der Waals surface area contributed by atoms with Crippen LogP contribution >= 0.6 is 0 Å². The average molecular weight is 319 g/mol. The highest BCUT2D eigenvalue weighted by Crippen LogP contribution is 2.04. The summed E-state index contributed by atoms with van der Waals surface area (Å²) in [5.41, 5.74) is 5.62. The molecule has 2 N–H and O–H groups in total. The normalized spacial score (nSPS) is 14.6. The molecule has 0 amide bonds. The Morgan fingerprint density at radius 1 is 1.00 bits per heavy atom. The number of carbonyl (C=O) groups excluding carboxylic acids is 3. The van der Waals surface area contributed by atoms with Gasteiger partial charge in [-0.3, -0.25) is 4.79 Å². The molecular weight excluding hydrogens is 294 g/mol. The van der Waals surface area contributed by atoms with Crippen molar-refractivity contribution in [2.45, 2.75) is 51.9 Å². The lowest BCUT2D eigenvalue weighted by Crippen LogP contribution is -2.34. The van der Waals surface area contributed by atoms with Crippen LogP contribution in [0.2, 0.25) is 0 Å². The minimum atomic E-state index is -1.12. The molecule has 0 aliphatic heterocycles. The molecule has 128 valence electrons. The van der Waals surface area contributed by atoms with Crippen LogP contribution < -0.4 is 5.73 Å². The number of methoxy groups -OCH3 is 1. The lowest BCUT2D eigenvalue weighted by atomic mass is 10.2. The molecule has 0 fully saturated rings. The van der Waals surface area contributed by atoms with Gasteiger partial charge in [0.1, 0.15) is 6.61 Å². The molecule has 0 saturated heterocycles. The molecule has 3 atom stereocenters. The molecule has 3 unspecified atom stereocenters. The number of nitrogens with two attached hydrogens (primary N) is 1. The first-order valence-corrected chi connectivity index (χ1v) is 7.12. The third-order valence-corrected chi connectivity index (χ3v) is 2.75. The molecule has 0 bridgehead atoms. The lowest BCUT2D eigenvalue weighted by molar-refractivity contribution is -0.177. The molecular formula is C14H25NO7. The molecule has 0 radical (unpaired) electrons. The van der Waals surface area contributed by atoms with Gasteiger partial charge in [-0.05, 0) is 20.3 Å². The van der Waals surface area contributed by atoms with Gasteiger partial charge in [0.15, 0.2) is 12.2 Å². The van der Waals surface area contributed by atoms with E-state index in [9.17, 15) is 14.4 Å². The molecule has 8 nitrogen and oxygen atoms in total. The van der Waals surface area contributed by atoms with Crippen molar-refractivity contribution in [3.05, 3.63) is 0 Å². The van der Waals surface area contributed by atoms with Crippen LogP contribution in [0.5, 0.6) is 0 Å². The number of carbonyl (C=O) groups is 3. The van der Waals surface area contributed by atoms with Gasteiger partial charge in [-0.2, -0.15) is 0 Å². The van der Waals surface area contributed by atoms with Crippen LogP contribution in [0.3, 0.4) is 0 Å². The Kier molecular flexibility index (Phi) is 10.1. The van der Waals surface area contributed by atoms with Gasteiger partial charge in [0.2, 0.25) is 0 Å². The first-order valence-electron chi connectivity index (χ1n) is 7.12. The van der Waals surface area contributed by atoms with Crippen molar-refractivity contribution >= 4 is 17.9 Å². The van der Waals surface area contributed by atoms with Crippen molar-refractivity contribution in [3.63, 3.8) is 0 Å². The van der Waals surface area contributed by atoms with E-state index >= 15 is 0 Å². The van der Waals surface area contributed by atoms with Crippen LogP contribution in [0.25, 0.3) is 0 Å². The highest BCUT2D eigenvalue weighted by molar-refractivity contribution is 5.82. The van der Waals surface area contributed by atoms with Crippen molar-refractivity contribution < 1.29 is 33.3 Å². The molecule has 0 saturated carbocycles. The van der Waals surface area contributed by atoms with Crippen molar-refractivity contribution in [2.24, 2.45) is 5.73 Å². The second-order valence-electron chi connectivity index (χ2n) is 4.74. The summed E-state index contributed by atoms with van der Waals surface area (Å²) in [4.78, 5) is 34.7. The molecule has 0 rings (SSSR count). The molecule has 0 aliphatic carbocycles. The van der Waals surface area contributed by atoms with Crippen LogP contribution in [-0.2, 0) is 33.3 Å². The number of hydrogen-bond donors (Lipinski definition) is 1. The average Bonchev–Trinajstić information content (AvgIpc) is 2.46. The third-order valence-electron chi connectivity index (χ3n) is 2.75. The van der Waals surface area contributed by atoms with Gasteiger partial charge in [-0.1, -0.05) is 6.92 Å². The van der Waals surface area contributed by atoms with E-state index < -0.39 is 30.1 Å². The van der Waals surface area contributed by atoms with E-state index in [0.29, 0.717) is 6.42 Å². The summed E-state index contributed by atoms with van der Waals surface area (Å²) in [6, 6.07) is -0.314. The molecule has 22 heavy (non-hydrogen) atoms. The zero-order valence-corrected chi connectivity index (χ0v) is 13.5. The van der Waals surface area contributed by atoms with Crippen LogP contribution in [0.1, 0.15) is 33.6 Å². The largest absolute Gasteiger partial charge is 0.461 e. The minimum Gasteiger partial charge on any atom is -0.461 e. The van der Waals surface area contributed by atoms with E-state index in [-0.39, 0.29) is 25.7 Å². The summed E-state index contributed by atoms with van der Waals surface area (Å²) in [5, 5.41) is 0. The Balaban J connectivity index is 4.17. The highest BCUT2D eigenvalue weighted by atomic mass is 16.6. The second kappa shape index (κ2) is 11.0. The van der Waals surface area contributed by atoms with E-state index in [1.54, 1.807) is 0 Å². The molecule has 0 aromatic heterocycles. The van der Waals surface area contributed by atoms with Crippen molar-refractivity contribution in [2.75, 3.05) is 20.3 Å². The maximum absolute atomic E-state index is 11.7. The van der Waals surface area contributed by atoms with Gasteiger partial charge in [-0.15, -0.1) is 0 Å². The number of esters is 3. The summed E-state index contributed by atoms with van der Waals surface area (Å²) in [5.74, 6) is -2.11. The van der Waals surface area contributed by atoms with Crippen molar-refractivity contribution in [3.8, 4) is 0 Å². The maximum atomic E-state index is 11.7. The van der Waals surface area contributed by atoms with Crippen molar-refractivity contribution in [1.29, 1.82) is 0 Å². The van der Waals surface area contributed by atoms with Gasteiger partial charge in [0.05, 0.1) is 13.0 Å². The Hall–Kier alpha value is -1.67. The molecule has 0 aromatic carbocycles. The van der Waals surface area contributed by atoms with Crippen LogP contribution in [-0.4, -0.2) is 56.5 Å². The molecule has 8 heteroatoms. The summed E-state index contributed by atoms with van der Waals surface area (Å²) in [6.07, 6.45) is -1.57. The van der Waals surface area contributed by atoms with Gasteiger partial charge in [0.25, 0.3) is 0 Å². The molecule has 0 aromatic rings. The predicted molar refractivity (Wildman–Crippen MR) is 76.8 cm³/mol. The van der Waals surface area contributed by atoms with E-state index in [4.69, 9.17) is 24.7 Å². The van der Waals surface area contributed by atoms with Gasteiger partial charge >= 0.3 is 17.9 Å². The third kappa shape index (κ3) is 8.58. The maximum Gasteiger partial charge on any atom is 0.347 e. The fourth-order valence-corrected chi connectivity index (χ4v) is 1.31. The molecule has 0 spiro atoms. The van der Waals surface area contributed by atoms with Gasteiger partial charge in [0, 0.05) is 13.2 Å². The fraction of sp³-hybridized carbons (Fsp3) is 0.786. The quantitative estimate of drug-likeness (QED) is 0.344. The van der Waals surface area contributed by atoms with Gasteiger partial charge in [-0.25, -0.2) is 9.59 Å². The van der Waals surface area contributed by atoms with Crippen LogP contribution in [0.4, 0.5) is 0 Å². The van der Waals surface area contributed by atoms with E-state index in [1.807, 2.05) is 6.92 Å². The monoisotopic (exact) mass is 319 g/mol. The number of ether oxygens (including phenoxy) is 4. The summed E-state index contributed by atoms with van der Waals surface area (Å²) in [6.45, 7) is 4.89. The Bertz CT molecular complexity index is 372. The smallest absolute Gasteiger partial charge is 0.347 e. The first-order chi connectivity index (χ1) is 10.3. The van der Waals surface area contributed by atoms with Crippen LogP contribution in [0, 0.1) is 0 Å². The topological polar surface area (TPSA) is 114 Å². The zero-order chi connectivity index (χ0) is 17.1. The van der Waals surface area contributed by atoms with Crippen LogP contribution in [0.15, 0.2) is 0 Å². The van der Waals surface area contributed by atoms with E-state index in [2.05, 4.69) is 0 Å². The molecule has 0 heterocycles. The number of rotatable bonds is 10. The Labute approximate surface area is 130 Å². The zero-order valence-electron chi connectivity index (χ0n) is 13.5. The van der Waals surface area contributed by atoms with Crippen molar-refractivity contribution in [1.82, 2.24) is 0 Å². The SMILES string of the molecule is CCC(N)CC(=O)OC(C)C(=O)OC(C)C(=O)OCCOC. The Morgan fingerprint density at radius 3 is 2.14 bits per heavy atom. The number of hydrogen-bond acceptors (Lipinski definition) is 8. The van der Waals surface area contributed by atoms with Gasteiger partial charge < -0.3 is 24.7 Å². The minimum absolute atomic E-state index is 0.0166. The second-order valence-corrected chi connectivity index (χ2v) is 4.74. The highest BCUT2D eigenvalue weighted by Gasteiger charge is 2.25. The van der Waals surface area contributed by atoms with E-state index in [0.717, 1.165) is 0 Å². The predicted octanol–water partition coefficient (Wildman–Crippen LogP) is 0.167. The fourth-order valence-electron chi connectivity index (χ4n) is 1.31. The molecule has 0 aliphatic rings. The lowest BCUT2D eigenvalue weighted by Gasteiger charge is -2.17. The first kappa shape index (κ1) is 20.3. The Morgan fingerprint density at radius 2 is 1.59 bits per heavy atom. The standard InChI is InChI=1S/C14H25NO7/c1-5-11(15)8-12(16)21-10(3)14(18)22-9(2)13(17)20-7-6-19-4/h9-11H,5-8,15H2,1-4H3. The summed E-state index contributed by atoms with van der Waals surface area (Å²) in [7, 11) is 1.47. The summed E-state index contributed by atoms with van der Waals surface area (Å²) < 4.78 is 19.3.